The number of primary amides is 1. The van der Waals surface area contributed by atoms with E-state index in [-0.39, 0.29) is 24.8 Å². The summed E-state index contributed by atoms with van der Waals surface area (Å²) in [6.07, 6.45) is 2.56. The standard InChI is InChI=1S/C22H19ClFN5O2/c1-2-20(30)29-8-7-28(11-19(29)21(25)31)22-15-9-16(23)14(10-18(15)26-12-27-22)13-5-3-4-6-17(13)24/h2-6,9-10,12,19H,1,7-8,11H2,(H2,25,31). The molecule has 158 valence electrons. The van der Waals surface area contributed by atoms with Crippen LogP contribution >= 0.6 is 11.6 Å². The molecule has 4 rings (SSSR count). The zero-order chi connectivity index (χ0) is 22.1. The van der Waals surface area contributed by atoms with Crippen molar-refractivity contribution in [1.82, 2.24) is 14.9 Å². The molecule has 0 bridgehead atoms. The number of nitrogens with zero attached hydrogens (tertiary/aromatic N) is 4. The van der Waals surface area contributed by atoms with E-state index < -0.39 is 11.9 Å². The lowest BCUT2D eigenvalue weighted by Gasteiger charge is -2.40. The van der Waals surface area contributed by atoms with Gasteiger partial charge in [-0.05, 0) is 24.3 Å². The SMILES string of the molecule is C=CC(=O)N1CCN(c2ncnc3cc(-c4ccccc4F)c(Cl)cc23)CC1C(N)=O. The number of amides is 2. The van der Waals surface area contributed by atoms with Crippen LogP contribution in [0.15, 0.2) is 55.4 Å². The molecule has 0 radical (unpaired) electrons. The van der Waals surface area contributed by atoms with Gasteiger partial charge >= 0.3 is 0 Å². The normalized spacial score (nSPS) is 16.4. The summed E-state index contributed by atoms with van der Waals surface area (Å²) < 4.78 is 14.3. The monoisotopic (exact) mass is 439 g/mol. The Morgan fingerprint density at radius 2 is 1.97 bits per heavy atom. The van der Waals surface area contributed by atoms with Crippen molar-refractivity contribution in [2.24, 2.45) is 5.73 Å². The van der Waals surface area contributed by atoms with E-state index in [9.17, 15) is 14.0 Å². The summed E-state index contributed by atoms with van der Waals surface area (Å²) in [5.74, 6) is -0.791. The molecule has 1 saturated heterocycles. The van der Waals surface area contributed by atoms with Crippen LogP contribution in [-0.4, -0.2) is 52.4 Å². The maximum atomic E-state index is 14.3. The number of hydrogen-bond acceptors (Lipinski definition) is 5. The molecule has 31 heavy (non-hydrogen) atoms. The molecule has 1 aliphatic heterocycles. The van der Waals surface area contributed by atoms with Gasteiger partial charge in [0.1, 0.15) is 24.0 Å². The van der Waals surface area contributed by atoms with Gasteiger partial charge in [0.05, 0.1) is 5.52 Å². The van der Waals surface area contributed by atoms with Crippen molar-refractivity contribution in [1.29, 1.82) is 0 Å². The van der Waals surface area contributed by atoms with Crippen LogP contribution in [0.25, 0.3) is 22.0 Å². The van der Waals surface area contributed by atoms with Crippen molar-refractivity contribution in [3.05, 3.63) is 66.2 Å². The third kappa shape index (κ3) is 3.82. The number of hydrogen-bond donors (Lipinski definition) is 1. The minimum absolute atomic E-state index is 0.174. The van der Waals surface area contributed by atoms with Gasteiger partial charge in [0.25, 0.3) is 0 Å². The topological polar surface area (TPSA) is 92.4 Å². The lowest BCUT2D eigenvalue weighted by Crippen LogP contribution is -2.59. The van der Waals surface area contributed by atoms with Gasteiger partial charge in [-0.25, -0.2) is 14.4 Å². The number of carbonyl (C=O) groups is 2. The molecule has 0 aliphatic carbocycles. The van der Waals surface area contributed by atoms with Crippen molar-refractivity contribution in [2.75, 3.05) is 24.5 Å². The average Bonchev–Trinajstić information content (AvgIpc) is 2.78. The zero-order valence-electron chi connectivity index (χ0n) is 16.5. The second-order valence-electron chi connectivity index (χ2n) is 7.13. The van der Waals surface area contributed by atoms with Crippen molar-refractivity contribution in [3.8, 4) is 11.1 Å². The molecule has 2 N–H and O–H groups in total. The van der Waals surface area contributed by atoms with Crippen LogP contribution in [-0.2, 0) is 9.59 Å². The highest BCUT2D eigenvalue weighted by Crippen LogP contribution is 2.36. The summed E-state index contributed by atoms with van der Waals surface area (Å²) in [6, 6.07) is 8.95. The number of rotatable bonds is 4. The predicted octanol–water partition coefficient (Wildman–Crippen LogP) is 2.78. The van der Waals surface area contributed by atoms with Crippen molar-refractivity contribution >= 4 is 40.1 Å². The Balaban J connectivity index is 1.75. The third-order valence-corrected chi connectivity index (χ3v) is 5.65. The van der Waals surface area contributed by atoms with Gasteiger partial charge in [-0.2, -0.15) is 0 Å². The van der Waals surface area contributed by atoms with E-state index in [1.54, 1.807) is 30.3 Å². The Morgan fingerprint density at radius 3 is 2.68 bits per heavy atom. The van der Waals surface area contributed by atoms with Gasteiger partial charge in [0.15, 0.2) is 0 Å². The first-order valence-electron chi connectivity index (χ1n) is 9.57. The molecular weight excluding hydrogens is 421 g/mol. The molecule has 0 saturated carbocycles. The first-order chi connectivity index (χ1) is 14.9. The summed E-state index contributed by atoms with van der Waals surface area (Å²) in [5, 5.41) is 1.000. The number of anilines is 1. The molecule has 1 unspecified atom stereocenters. The number of halogens is 2. The van der Waals surface area contributed by atoms with E-state index in [1.165, 1.54) is 17.3 Å². The van der Waals surface area contributed by atoms with Gasteiger partial charge in [0, 0.05) is 41.2 Å². The average molecular weight is 440 g/mol. The largest absolute Gasteiger partial charge is 0.368 e. The molecule has 0 spiro atoms. The zero-order valence-corrected chi connectivity index (χ0v) is 17.2. The Hall–Kier alpha value is -3.52. The number of piperazine rings is 1. The summed E-state index contributed by atoms with van der Waals surface area (Å²) in [5.41, 5.74) is 7.02. The molecule has 2 aromatic carbocycles. The number of carbonyl (C=O) groups excluding carboxylic acids is 2. The molecular formula is C22H19ClFN5O2. The minimum atomic E-state index is -0.822. The van der Waals surface area contributed by atoms with Gasteiger partial charge in [-0.15, -0.1) is 0 Å². The highest BCUT2D eigenvalue weighted by molar-refractivity contribution is 6.34. The fraction of sp³-hybridized carbons (Fsp3) is 0.182. The van der Waals surface area contributed by atoms with E-state index in [4.69, 9.17) is 17.3 Å². The Kier molecular flexibility index (Phi) is 5.56. The molecule has 1 aliphatic rings. The fourth-order valence-corrected chi connectivity index (χ4v) is 4.07. The molecule has 2 heterocycles. The molecule has 9 heteroatoms. The Labute approximate surface area is 182 Å². The van der Waals surface area contributed by atoms with Gasteiger partial charge < -0.3 is 15.5 Å². The quantitative estimate of drug-likeness (QED) is 0.631. The number of nitrogens with two attached hydrogens (primary N) is 1. The summed E-state index contributed by atoms with van der Waals surface area (Å²) in [4.78, 5) is 36.0. The number of fused-ring (bicyclic) bond motifs is 1. The number of aromatic nitrogens is 2. The first-order valence-corrected chi connectivity index (χ1v) is 9.95. The lowest BCUT2D eigenvalue weighted by atomic mass is 10.0. The Morgan fingerprint density at radius 1 is 1.19 bits per heavy atom. The molecule has 7 nitrogen and oxygen atoms in total. The summed E-state index contributed by atoms with van der Waals surface area (Å²) in [6.45, 7) is 4.37. The van der Waals surface area contributed by atoms with Crippen LogP contribution in [0, 0.1) is 5.82 Å². The smallest absolute Gasteiger partial charge is 0.246 e. The maximum absolute atomic E-state index is 14.3. The maximum Gasteiger partial charge on any atom is 0.246 e. The van der Waals surface area contributed by atoms with Crippen LogP contribution in [0.4, 0.5) is 10.2 Å². The molecule has 1 aromatic heterocycles. The fourth-order valence-electron chi connectivity index (χ4n) is 3.80. The van der Waals surface area contributed by atoms with E-state index in [0.29, 0.717) is 39.4 Å². The van der Waals surface area contributed by atoms with Crippen LogP contribution in [0.2, 0.25) is 5.02 Å². The minimum Gasteiger partial charge on any atom is -0.368 e. The molecule has 2 amide bonds. The van der Waals surface area contributed by atoms with Crippen LogP contribution < -0.4 is 10.6 Å². The Bertz CT molecular complexity index is 1200. The van der Waals surface area contributed by atoms with Gasteiger partial charge in [-0.1, -0.05) is 36.4 Å². The van der Waals surface area contributed by atoms with Crippen molar-refractivity contribution in [3.63, 3.8) is 0 Å². The van der Waals surface area contributed by atoms with Crippen molar-refractivity contribution < 1.29 is 14.0 Å². The highest BCUT2D eigenvalue weighted by atomic mass is 35.5. The van der Waals surface area contributed by atoms with Crippen LogP contribution in [0.5, 0.6) is 0 Å². The van der Waals surface area contributed by atoms with Crippen LogP contribution in [0.3, 0.4) is 0 Å². The summed E-state index contributed by atoms with van der Waals surface area (Å²) in [7, 11) is 0. The predicted molar refractivity (Wildman–Crippen MR) is 117 cm³/mol. The second-order valence-corrected chi connectivity index (χ2v) is 7.53. The van der Waals surface area contributed by atoms with E-state index in [2.05, 4.69) is 16.5 Å². The molecule has 1 atom stereocenters. The van der Waals surface area contributed by atoms with Gasteiger partial charge in [0.2, 0.25) is 11.8 Å². The van der Waals surface area contributed by atoms with E-state index in [0.717, 1.165) is 6.08 Å². The van der Waals surface area contributed by atoms with Gasteiger partial charge in [-0.3, -0.25) is 9.59 Å². The number of benzene rings is 2. The second kappa shape index (κ2) is 8.31. The molecule has 3 aromatic rings. The molecule has 1 fully saturated rings. The third-order valence-electron chi connectivity index (χ3n) is 5.33. The van der Waals surface area contributed by atoms with E-state index in [1.807, 2.05) is 4.90 Å². The first kappa shape index (κ1) is 20.7. The van der Waals surface area contributed by atoms with Crippen LogP contribution in [0.1, 0.15) is 0 Å². The lowest BCUT2D eigenvalue weighted by molar-refractivity contribution is -0.136. The highest BCUT2D eigenvalue weighted by Gasteiger charge is 2.34. The summed E-state index contributed by atoms with van der Waals surface area (Å²) >= 11 is 6.50. The van der Waals surface area contributed by atoms with Crippen molar-refractivity contribution in [2.45, 2.75) is 6.04 Å². The van der Waals surface area contributed by atoms with E-state index >= 15 is 0 Å².